The number of thiophene rings is 1. The molecule has 2 N–H and O–H groups in total. The van der Waals surface area contributed by atoms with Crippen molar-refractivity contribution in [1.82, 2.24) is 5.32 Å². The first-order chi connectivity index (χ1) is 13.2. The number of anilines is 1. The first-order valence-electron chi connectivity index (χ1n) is 9.06. The SMILES string of the molecule is CC(=O)NC(CC(=O)OC(C)C(=O)Nc1c(C)cc(C)cc1C)c1cccs1. The van der Waals surface area contributed by atoms with Crippen LogP contribution >= 0.6 is 11.3 Å². The van der Waals surface area contributed by atoms with Crippen LogP contribution in [0.15, 0.2) is 29.6 Å². The van der Waals surface area contributed by atoms with Crippen LogP contribution in [0.25, 0.3) is 0 Å². The van der Waals surface area contributed by atoms with Gasteiger partial charge < -0.3 is 15.4 Å². The number of esters is 1. The standard InChI is InChI=1S/C21H26N2O4S/c1-12-9-13(2)20(14(3)10-12)23-21(26)15(4)27-19(25)11-17(22-16(5)24)18-7-6-8-28-18/h6-10,15,17H,11H2,1-5H3,(H,22,24)(H,23,26). The molecule has 1 heterocycles. The number of aryl methyl sites for hydroxylation is 3. The highest BCUT2D eigenvalue weighted by Crippen LogP contribution is 2.24. The van der Waals surface area contributed by atoms with E-state index < -0.39 is 24.0 Å². The molecule has 1 aromatic heterocycles. The van der Waals surface area contributed by atoms with Crippen molar-refractivity contribution in [3.63, 3.8) is 0 Å². The molecule has 0 saturated heterocycles. The Morgan fingerprint density at radius 1 is 1.14 bits per heavy atom. The Morgan fingerprint density at radius 3 is 2.32 bits per heavy atom. The average Bonchev–Trinajstić information content (AvgIpc) is 3.11. The van der Waals surface area contributed by atoms with E-state index >= 15 is 0 Å². The van der Waals surface area contributed by atoms with Gasteiger partial charge in [-0.1, -0.05) is 23.8 Å². The summed E-state index contributed by atoms with van der Waals surface area (Å²) in [5, 5.41) is 7.46. The van der Waals surface area contributed by atoms with Crippen molar-refractivity contribution in [2.45, 2.75) is 53.2 Å². The van der Waals surface area contributed by atoms with Crippen molar-refractivity contribution in [2.24, 2.45) is 0 Å². The van der Waals surface area contributed by atoms with E-state index in [2.05, 4.69) is 10.6 Å². The van der Waals surface area contributed by atoms with Gasteiger partial charge in [-0.25, -0.2) is 0 Å². The van der Waals surface area contributed by atoms with E-state index in [1.54, 1.807) is 0 Å². The van der Waals surface area contributed by atoms with Gasteiger partial charge in [0.2, 0.25) is 5.91 Å². The molecular formula is C21H26N2O4S. The quantitative estimate of drug-likeness (QED) is 0.690. The van der Waals surface area contributed by atoms with Crippen LogP contribution in [-0.4, -0.2) is 23.9 Å². The lowest BCUT2D eigenvalue weighted by Crippen LogP contribution is -2.33. The second kappa shape index (κ2) is 9.50. The second-order valence-electron chi connectivity index (χ2n) is 6.87. The van der Waals surface area contributed by atoms with Gasteiger partial charge in [0.1, 0.15) is 0 Å². The minimum absolute atomic E-state index is 0.0414. The number of carbonyl (C=O) groups excluding carboxylic acids is 3. The molecule has 7 heteroatoms. The Hall–Kier alpha value is -2.67. The predicted octanol–water partition coefficient (Wildman–Crippen LogP) is 3.81. The van der Waals surface area contributed by atoms with E-state index in [4.69, 9.17) is 4.74 Å². The predicted molar refractivity (Wildman–Crippen MR) is 110 cm³/mol. The molecule has 0 aliphatic rings. The second-order valence-corrected chi connectivity index (χ2v) is 7.85. The summed E-state index contributed by atoms with van der Waals surface area (Å²) in [6.07, 6.45) is -0.991. The maximum Gasteiger partial charge on any atom is 0.309 e. The highest BCUT2D eigenvalue weighted by molar-refractivity contribution is 7.10. The third kappa shape index (κ3) is 5.92. The van der Waals surface area contributed by atoms with Gasteiger partial charge in [-0.3, -0.25) is 14.4 Å². The van der Waals surface area contributed by atoms with Crippen LogP contribution in [0.2, 0.25) is 0 Å². The lowest BCUT2D eigenvalue weighted by Gasteiger charge is -2.19. The molecule has 2 unspecified atom stereocenters. The van der Waals surface area contributed by atoms with E-state index in [1.165, 1.54) is 25.2 Å². The monoisotopic (exact) mass is 402 g/mol. The van der Waals surface area contributed by atoms with Gasteiger partial charge in [0.25, 0.3) is 5.91 Å². The molecule has 0 aliphatic heterocycles. The van der Waals surface area contributed by atoms with Crippen LogP contribution in [0.5, 0.6) is 0 Å². The number of ether oxygens (including phenoxy) is 1. The summed E-state index contributed by atoms with van der Waals surface area (Å²) in [4.78, 5) is 37.1. The van der Waals surface area contributed by atoms with Crippen molar-refractivity contribution in [3.8, 4) is 0 Å². The minimum Gasteiger partial charge on any atom is -0.452 e. The molecule has 28 heavy (non-hydrogen) atoms. The Labute approximate surface area is 169 Å². The van der Waals surface area contributed by atoms with E-state index in [9.17, 15) is 14.4 Å². The van der Waals surface area contributed by atoms with Crippen LogP contribution in [-0.2, 0) is 19.1 Å². The maximum atomic E-state index is 12.5. The average molecular weight is 403 g/mol. The molecule has 2 atom stereocenters. The fourth-order valence-corrected chi connectivity index (χ4v) is 3.80. The number of nitrogens with one attached hydrogen (secondary N) is 2. The van der Waals surface area contributed by atoms with Gasteiger partial charge in [0.15, 0.2) is 6.10 Å². The molecule has 0 radical (unpaired) electrons. The van der Waals surface area contributed by atoms with Crippen molar-refractivity contribution < 1.29 is 19.1 Å². The zero-order valence-electron chi connectivity index (χ0n) is 16.8. The van der Waals surface area contributed by atoms with Crippen LogP contribution in [0.3, 0.4) is 0 Å². The Balaban J connectivity index is 1.99. The minimum atomic E-state index is -0.950. The normalized spacial score (nSPS) is 12.8. The largest absolute Gasteiger partial charge is 0.452 e. The zero-order valence-corrected chi connectivity index (χ0v) is 17.6. The van der Waals surface area contributed by atoms with Crippen molar-refractivity contribution >= 4 is 34.8 Å². The fraction of sp³-hybridized carbons (Fsp3) is 0.381. The zero-order chi connectivity index (χ0) is 20.8. The summed E-state index contributed by atoms with van der Waals surface area (Å²) < 4.78 is 5.30. The molecule has 150 valence electrons. The van der Waals surface area contributed by atoms with Crippen LogP contribution in [0.1, 0.15) is 47.9 Å². The Kier molecular flexibility index (Phi) is 7.34. The first kappa shape index (κ1) is 21.6. The highest BCUT2D eigenvalue weighted by atomic mass is 32.1. The van der Waals surface area contributed by atoms with Crippen molar-refractivity contribution in [1.29, 1.82) is 0 Å². The van der Waals surface area contributed by atoms with Gasteiger partial charge in [0.05, 0.1) is 12.5 Å². The Bertz CT molecular complexity index is 838. The van der Waals surface area contributed by atoms with Crippen molar-refractivity contribution in [3.05, 3.63) is 51.2 Å². The molecule has 0 saturated carbocycles. The van der Waals surface area contributed by atoms with Crippen LogP contribution in [0.4, 0.5) is 5.69 Å². The fourth-order valence-electron chi connectivity index (χ4n) is 3.03. The van der Waals surface area contributed by atoms with Gasteiger partial charge in [-0.05, 0) is 50.3 Å². The summed E-state index contributed by atoms with van der Waals surface area (Å²) in [5.74, 6) is -1.18. The summed E-state index contributed by atoms with van der Waals surface area (Å²) >= 11 is 1.44. The molecule has 6 nitrogen and oxygen atoms in total. The third-order valence-corrected chi connectivity index (χ3v) is 5.22. The molecule has 0 aliphatic carbocycles. The number of rotatable bonds is 7. The van der Waals surface area contributed by atoms with Crippen LogP contribution in [0, 0.1) is 20.8 Å². The summed E-state index contributed by atoms with van der Waals surface area (Å²) in [6, 6.07) is 7.19. The van der Waals surface area contributed by atoms with E-state index in [-0.39, 0.29) is 12.3 Å². The summed E-state index contributed by atoms with van der Waals surface area (Å²) in [6.45, 7) is 8.77. The molecule has 2 rings (SSSR count). The third-order valence-electron chi connectivity index (χ3n) is 4.24. The number of hydrogen-bond donors (Lipinski definition) is 2. The molecular weight excluding hydrogens is 376 g/mol. The van der Waals surface area contributed by atoms with Gasteiger partial charge in [-0.2, -0.15) is 0 Å². The Morgan fingerprint density at radius 2 is 1.79 bits per heavy atom. The molecule has 0 fully saturated rings. The number of carbonyl (C=O) groups is 3. The van der Waals surface area contributed by atoms with E-state index in [0.29, 0.717) is 0 Å². The molecule has 0 spiro atoms. The first-order valence-corrected chi connectivity index (χ1v) is 9.94. The molecule has 2 aromatic rings. The summed E-state index contributed by atoms with van der Waals surface area (Å²) in [7, 11) is 0. The van der Waals surface area contributed by atoms with Crippen molar-refractivity contribution in [2.75, 3.05) is 5.32 Å². The topological polar surface area (TPSA) is 84.5 Å². The summed E-state index contributed by atoms with van der Waals surface area (Å²) in [5.41, 5.74) is 3.75. The molecule has 2 amide bonds. The number of benzene rings is 1. The number of hydrogen-bond acceptors (Lipinski definition) is 5. The van der Waals surface area contributed by atoms with E-state index in [0.717, 1.165) is 27.3 Å². The molecule has 0 bridgehead atoms. The highest BCUT2D eigenvalue weighted by Gasteiger charge is 2.23. The van der Waals surface area contributed by atoms with Crippen LogP contribution < -0.4 is 10.6 Å². The van der Waals surface area contributed by atoms with Gasteiger partial charge in [-0.15, -0.1) is 11.3 Å². The number of amides is 2. The maximum absolute atomic E-state index is 12.5. The molecule has 1 aromatic carbocycles. The van der Waals surface area contributed by atoms with Gasteiger partial charge >= 0.3 is 5.97 Å². The van der Waals surface area contributed by atoms with Gasteiger partial charge in [0, 0.05) is 17.5 Å². The lowest BCUT2D eigenvalue weighted by molar-refractivity contribution is -0.153. The lowest BCUT2D eigenvalue weighted by atomic mass is 10.0. The van der Waals surface area contributed by atoms with E-state index in [1.807, 2.05) is 50.4 Å². The smallest absolute Gasteiger partial charge is 0.309 e.